The molecule has 0 amide bonds. The van der Waals surface area contributed by atoms with Crippen LogP contribution in [0, 0.1) is 31.0 Å². The number of halogens is 1. The van der Waals surface area contributed by atoms with Crippen LogP contribution in [0.5, 0.6) is 0 Å². The maximum Gasteiger partial charge on any atom is 0.159 e. The summed E-state index contributed by atoms with van der Waals surface area (Å²) in [5, 5.41) is 9.25. The Labute approximate surface area is 145 Å². The second-order valence-electron chi connectivity index (χ2n) is 5.64. The highest BCUT2D eigenvalue weighted by Gasteiger charge is 2.16. The van der Waals surface area contributed by atoms with E-state index in [1.165, 1.54) is 6.07 Å². The summed E-state index contributed by atoms with van der Waals surface area (Å²) in [5.74, 6) is 0.626. The molecule has 0 saturated heterocycles. The Bertz CT molecular complexity index is 933. The average Bonchev–Trinajstić information content (AvgIpc) is 2.99. The molecule has 0 spiro atoms. The molecule has 0 aliphatic heterocycles. The van der Waals surface area contributed by atoms with Gasteiger partial charge in [-0.2, -0.15) is 17.9 Å². The highest BCUT2D eigenvalue weighted by Crippen LogP contribution is 2.28. The number of nitrogens with zero attached hydrogens (tertiary/aromatic N) is 3. The fourth-order valence-corrected chi connectivity index (χ4v) is 3.07. The van der Waals surface area contributed by atoms with Crippen molar-refractivity contribution in [1.82, 2.24) is 9.55 Å². The summed E-state index contributed by atoms with van der Waals surface area (Å²) >= 11 is 4.17. The molecule has 0 radical (unpaired) electrons. The Kier molecular flexibility index (Phi) is 4.41. The van der Waals surface area contributed by atoms with Crippen LogP contribution in [0.1, 0.15) is 22.4 Å². The molecule has 0 bridgehead atoms. The second kappa shape index (κ2) is 6.50. The smallest absolute Gasteiger partial charge is 0.159 e. The van der Waals surface area contributed by atoms with Gasteiger partial charge in [0.1, 0.15) is 17.7 Å². The standard InChI is InChI=1S/C19H16FN3S/c1-12-4-3-5-13(2)18(12)23-10-16(9-21)22-19(23)14-6-7-17(20)15(8-14)11-24/h3-8,10,24H,11H2,1-2H3. The monoisotopic (exact) mass is 337 g/mol. The van der Waals surface area contributed by atoms with Crippen molar-refractivity contribution in [3.63, 3.8) is 0 Å². The molecule has 0 atom stereocenters. The van der Waals surface area contributed by atoms with Gasteiger partial charge in [0.05, 0.1) is 5.69 Å². The number of thiol groups is 1. The van der Waals surface area contributed by atoms with Crippen LogP contribution < -0.4 is 0 Å². The van der Waals surface area contributed by atoms with E-state index in [1.54, 1.807) is 18.3 Å². The summed E-state index contributed by atoms with van der Waals surface area (Å²) in [7, 11) is 0. The number of imidazole rings is 1. The maximum absolute atomic E-state index is 13.8. The zero-order valence-electron chi connectivity index (χ0n) is 13.4. The van der Waals surface area contributed by atoms with Gasteiger partial charge in [0.2, 0.25) is 0 Å². The third-order valence-electron chi connectivity index (χ3n) is 3.98. The first-order chi connectivity index (χ1) is 11.5. The first-order valence-corrected chi connectivity index (χ1v) is 8.14. The zero-order valence-corrected chi connectivity index (χ0v) is 14.3. The first kappa shape index (κ1) is 16.3. The molecule has 120 valence electrons. The van der Waals surface area contributed by atoms with Crippen molar-refractivity contribution in [1.29, 1.82) is 5.26 Å². The highest BCUT2D eigenvalue weighted by atomic mass is 32.1. The number of aryl methyl sites for hydroxylation is 2. The lowest BCUT2D eigenvalue weighted by molar-refractivity contribution is 0.617. The van der Waals surface area contributed by atoms with Gasteiger partial charge < -0.3 is 0 Å². The summed E-state index contributed by atoms with van der Waals surface area (Å²) in [6.45, 7) is 4.03. The second-order valence-corrected chi connectivity index (χ2v) is 5.95. The minimum atomic E-state index is -0.292. The quantitative estimate of drug-likeness (QED) is 0.710. The van der Waals surface area contributed by atoms with E-state index in [9.17, 15) is 9.65 Å². The number of aromatic nitrogens is 2. The summed E-state index contributed by atoms with van der Waals surface area (Å²) < 4.78 is 15.7. The molecule has 2 aromatic carbocycles. The van der Waals surface area contributed by atoms with Crippen molar-refractivity contribution in [2.24, 2.45) is 0 Å². The molecule has 3 aromatic rings. The summed E-state index contributed by atoms with van der Waals surface area (Å²) in [6.07, 6.45) is 1.72. The summed E-state index contributed by atoms with van der Waals surface area (Å²) in [5.41, 5.74) is 4.72. The third-order valence-corrected chi connectivity index (χ3v) is 4.32. The van der Waals surface area contributed by atoms with Gasteiger partial charge in [-0.15, -0.1) is 0 Å². The topological polar surface area (TPSA) is 41.6 Å². The van der Waals surface area contributed by atoms with Crippen molar-refractivity contribution in [2.75, 3.05) is 0 Å². The zero-order chi connectivity index (χ0) is 17.3. The molecule has 0 aliphatic carbocycles. The summed E-state index contributed by atoms with van der Waals surface area (Å²) in [4.78, 5) is 4.42. The Morgan fingerprint density at radius 3 is 2.54 bits per heavy atom. The van der Waals surface area contributed by atoms with Crippen LogP contribution in [0.2, 0.25) is 0 Å². The Balaban J connectivity index is 2.27. The van der Waals surface area contributed by atoms with Crippen LogP contribution in [-0.2, 0) is 5.75 Å². The Hall–Kier alpha value is -2.58. The first-order valence-electron chi connectivity index (χ1n) is 7.51. The molecule has 3 rings (SSSR count). The minimum absolute atomic E-state index is 0.292. The predicted octanol–water partition coefficient (Wildman–Crippen LogP) is 4.60. The molecular formula is C19H16FN3S. The molecule has 0 unspecified atom stereocenters. The number of rotatable bonds is 3. The Morgan fingerprint density at radius 1 is 1.21 bits per heavy atom. The number of hydrogen-bond donors (Lipinski definition) is 1. The van der Waals surface area contributed by atoms with Crippen LogP contribution >= 0.6 is 12.6 Å². The molecule has 0 saturated carbocycles. The van der Waals surface area contributed by atoms with E-state index < -0.39 is 0 Å². The van der Waals surface area contributed by atoms with Gasteiger partial charge in [-0.05, 0) is 48.7 Å². The van der Waals surface area contributed by atoms with Crippen LogP contribution in [0.4, 0.5) is 4.39 Å². The van der Waals surface area contributed by atoms with Gasteiger partial charge in [0.25, 0.3) is 0 Å². The largest absolute Gasteiger partial charge is 0.298 e. The molecule has 5 heteroatoms. The molecule has 24 heavy (non-hydrogen) atoms. The predicted molar refractivity (Wildman–Crippen MR) is 95.8 cm³/mol. The van der Waals surface area contributed by atoms with Crippen molar-refractivity contribution in [3.05, 3.63) is 70.8 Å². The Morgan fingerprint density at radius 2 is 1.92 bits per heavy atom. The molecule has 1 heterocycles. The molecule has 0 N–H and O–H groups in total. The number of hydrogen-bond acceptors (Lipinski definition) is 3. The molecular weight excluding hydrogens is 321 g/mol. The van der Waals surface area contributed by atoms with Gasteiger partial charge in [0.15, 0.2) is 5.69 Å². The van der Waals surface area contributed by atoms with Crippen molar-refractivity contribution < 1.29 is 4.39 Å². The van der Waals surface area contributed by atoms with E-state index in [0.717, 1.165) is 22.4 Å². The van der Waals surface area contributed by atoms with Crippen LogP contribution in [-0.4, -0.2) is 9.55 Å². The maximum atomic E-state index is 13.8. The van der Waals surface area contributed by atoms with Crippen LogP contribution in [0.25, 0.3) is 17.1 Å². The van der Waals surface area contributed by atoms with E-state index in [-0.39, 0.29) is 5.82 Å². The SMILES string of the molecule is Cc1cccc(C)c1-n1cc(C#N)nc1-c1ccc(F)c(CS)c1. The van der Waals surface area contributed by atoms with Gasteiger partial charge in [-0.25, -0.2) is 9.37 Å². The molecule has 0 fully saturated rings. The van der Waals surface area contributed by atoms with Crippen molar-refractivity contribution >= 4 is 12.6 Å². The lowest BCUT2D eigenvalue weighted by Gasteiger charge is -2.14. The van der Waals surface area contributed by atoms with E-state index in [1.807, 2.05) is 36.6 Å². The molecule has 3 nitrogen and oxygen atoms in total. The van der Waals surface area contributed by atoms with Gasteiger partial charge in [-0.1, -0.05) is 18.2 Å². The lowest BCUT2D eigenvalue weighted by atomic mass is 10.1. The summed E-state index contributed by atoms with van der Waals surface area (Å²) in [6, 6.07) is 12.9. The highest BCUT2D eigenvalue weighted by molar-refractivity contribution is 7.79. The van der Waals surface area contributed by atoms with Gasteiger partial charge in [-0.3, -0.25) is 4.57 Å². The number of nitriles is 1. The van der Waals surface area contributed by atoms with Crippen molar-refractivity contribution in [3.8, 4) is 23.1 Å². The van der Waals surface area contributed by atoms with E-state index in [0.29, 0.717) is 22.8 Å². The normalized spacial score (nSPS) is 10.6. The fourth-order valence-electron chi connectivity index (χ4n) is 2.83. The number of para-hydroxylation sites is 1. The van der Waals surface area contributed by atoms with Gasteiger partial charge >= 0.3 is 0 Å². The minimum Gasteiger partial charge on any atom is -0.298 e. The van der Waals surface area contributed by atoms with Gasteiger partial charge in [0, 0.05) is 17.5 Å². The third kappa shape index (κ3) is 2.81. The number of benzene rings is 2. The molecule has 0 aliphatic rings. The lowest BCUT2D eigenvalue weighted by Crippen LogP contribution is -2.02. The van der Waals surface area contributed by atoms with Crippen molar-refractivity contribution in [2.45, 2.75) is 19.6 Å². The molecule has 1 aromatic heterocycles. The van der Waals surface area contributed by atoms with E-state index in [4.69, 9.17) is 0 Å². The van der Waals surface area contributed by atoms with E-state index >= 15 is 0 Å². The van der Waals surface area contributed by atoms with Crippen LogP contribution in [0.15, 0.2) is 42.6 Å². The average molecular weight is 337 g/mol. The fraction of sp³-hybridized carbons (Fsp3) is 0.158. The van der Waals surface area contributed by atoms with E-state index in [2.05, 4.69) is 23.7 Å². The van der Waals surface area contributed by atoms with Crippen LogP contribution in [0.3, 0.4) is 0 Å².